The zero-order chi connectivity index (χ0) is 13.5. The van der Waals surface area contributed by atoms with E-state index >= 15 is 0 Å². The number of aryl methyl sites for hydroxylation is 1. The maximum absolute atomic E-state index is 11.9. The predicted octanol–water partition coefficient (Wildman–Crippen LogP) is 1.62. The van der Waals surface area contributed by atoms with E-state index in [0.717, 1.165) is 11.3 Å². The third-order valence-electron chi connectivity index (χ3n) is 2.58. The fourth-order valence-corrected chi connectivity index (χ4v) is 1.86. The van der Waals surface area contributed by atoms with Gasteiger partial charge in [0, 0.05) is 5.56 Å². The number of hydrogen-bond donors (Lipinski definition) is 1. The molecule has 0 bridgehead atoms. The van der Waals surface area contributed by atoms with Crippen LogP contribution in [0, 0.1) is 6.92 Å². The van der Waals surface area contributed by atoms with Crippen molar-refractivity contribution < 1.29 is 9.53 Å². The Morgan fingerprint density at radius 3 is 2.61 bits per heavy atom. The molecule has 6 heteroatoms. The molecule has 98 valence electrons. The van der Waals surface area contributed by atoms with Crippen LogP contribution < -0.4 is 5.73 Å². The summed E-state index contributed by atoms with van der Waals surface area (Å²) in [5.41, 5.74) is 6.97. The third kappa shape index (κ3) is 2.52. The fourth-order valence-electron chi connectivity index (χ4n) is 1.86. The van der Waals surface area contributed by atoms with E-state index in [0.29, 0.717) is 24.7 Å². The number of nitrogens with two attached hydrogens (primary N) is 1. The number of carbonyl (C=O) groups is 1. The second-order valence-electron chi connectivity index (χ2n) is 5.42. The Balaban J connectivity index is 2.15. The lowest BCUT2D eigenvalue weighted by molar-refractivity contribution is 0.0241. The fraction of sp³-hybridized carbons (Fsp3) is 0.583. The van der Waals surface area contributed by atoms with E-state index in [9.17, 15) is 4.79 Å². The van der Waals surface area contributed by atoms with Gasteiger partial charge in [0.15, 0.2) is 0 Å². The van der Waals surface area contributed by atoms with Crippen molar-refractivity contribution in [1.29, 1.82) is 0 Å². The van der Waals surface area contributed by atoms with E-state index in [2.05, 4.69) is 9.97 Å². The SMILES string of the molecule is Cc1nc(N)c2c(n1)CN(C(=O)OC(C)(C)C)C2. The van der Waals surface area contributed by atoms with Crippen molar-refractivity contribution in [3.8, 4) is 0 Å². The highest BCUT2D eigenvalue weighted by atomic mass is 16.6. The molecule has 2 rings (SSSR count). The monoisotopic (exact) mass is 250 g/mol. The number of anilines is 1. The van der Waals surface area contributed by atoms with E-state index in [1.54, 1.807) is 11.8 Å². The molecule has 0 saturated carbocycles. The molecule has 0 unspecified atom stereocenters. The minimum absolute atomic E-state index is 0.349. The van der Waals surface area contributed by atoms with Crippen LogP contribution in [0.4, 0.5) is 10.6 Å². The maximum Gasteiger partial charge on any atom is 0.410 e. The molecule has 0 aliphatic carbocycles. The van der Waals surface area contributed by atoms with Gasteiger partial charge in [-0.25, -0.2) is 14.8 Å². The normalized spacial score (nSPS) is 14.6. The lowest BCUT2D eigenvalue weighted by Gasteiger charge is -2.23. The van der Waals surface area contributed by atoms with Gasteiger partial charge in [0.2, 0.25) is 0 Å². The smallest absolute Gasteiger partial charge is 0.410 e. The molecular weight excluding hydrogens is 232 g/mol. The van der Waals surface area contributed by atoms with Crippen molar-refractivity contribution in [2.24, 2.45) is 0 Å². The van der Waals surface area contributed by atoms with E-state index in [4.69, 9.17) is 10.5 Å². The van der Waals surface area contributed by atoms with Crippen LogP contribution in [0.3, 0.4) is 0 Å². The summed E-state index contributed by atoms with van der Waals surface area (Å²) in [5.74, 6) is 1.07. The maximum atomic E-state index is 11.9. The summed E-state index contributed by atoms with van der Waals surface area (Å²) in [6, 6.07) is 0. The van der Waals surface area contributed by atoms with Gasteiger partial charge in [0.1, 0.15) is 17.2 Å². The van der Waals surface area contributed by atoms with Crippen molar-refractivity contribution >= 4 is 11.9 Å². The summed E-state index contributed by atoms with van der Waals surface area (Å²) < 4.78 is 5.32. The minimum atomic E-state index is -0.501. The second kappa shape index (κ2) is 4.12. The predicted molar refractivity (Wildman–Crippen MR) is 66.7 cm³/mol. The van der Waals surface area contributed by atoms with Gasteiger partial charge < -0.3 is 10.5 Å². The van der Waals surface area contributed by atoms with Crippen LogP contribution in [-0.4, -0.2) is 26.6 Å². The van der Waals surface area contributed by atoms with Crippen LogP contribution in [-0.2, 0) is 17.8 Å². The number of rotatable bonds is 0. The highest BCUT2D eigenvalue weighted by Gasteiger charge is 2.30. The van der Waals surface area contributed by atoms with Crippen LogP contribution >= 0.6 is 0 Å². The summed E-state index contributed by atoms with van der Waals surface area (Å²) in [5, 5.41) is 0. The van der Waals surface area contributed by atoms with Crippen LogP contribution in [0.2, 0.25) is 0 Å². The van der Waals surface area contributed by atoms with Gasteiger partial charge in [-0.05, 0) is 27.7 Å². The summed E-state index contributed by atoms with van der Waals surface area (Å²) in [6.07, 6.45) is -0.349. The van der Waals surface area contributed by atoms with E-state index in [1.165, 1.54) is 0 Å². The number of nitrogen functional groups attached to an aromatic ring is 1. The zero-order valence-corrected chi connectivity index (χ0v) is 11.1. The molecule has 0 radical (unpaired) electrons. The number of ether oxygens (including phenoxy) is 1. The minimum Gasteiger partial charge on any atom is -0.444 e. The van der Waals surface area contributed by atoms with Gasteiger partial charge in [0.05, 0.1) is 18.8 Å². The van der Waals surface area contributed by atoms with Crippen molar-refractivity contribution in [1.82, 2.24) is 14.9 Å². The lowest BCUT2D eigenvalue weighted by atomic mass is 10.2. The molecule has 0 aromatic carbocycles. The highest BCUT2D eigenvalue weighted by Crippen LogP contribution is 2.26. The average Bonchev–Trinajstić information content (AvgIpc) is 2.58. The first-order valence-electron chi connectivity index (χ1n) is 5.86. The van der Waals surface area contributed by atoms with Gasteiger partial charge >= 0.3 is 6.09 Å². The molecular formula is C12H18N4O2. The van der Waals surface area contributed by atoms with E-state index in [-0.39, 0.29) is 6.09 Å². The largest absolute Gasteiger partial charge is 0.444 e. The number of nitrogens with zero attached hydrogens (tertiary/aromatic N) is 3. The van der Waals surface area contributed by atoms with Gasteiger partial charge in [-0.1, -0.05) is 0 Å². The average molecular weight is 250 g/mol. The first kappa shape index (κ1) is 12.6. The van der Waals surface area contributed by atoms with Crippen molar-refractivity contribution in [3.05, 3.63) is 17.1 Å². The Hall–Kier alpha value is -1.85. The second-order valence-corrected chi connectivity index (χ2v) is 5.42. The summed E-state index contributed by atoms with van der Waals surface area (Å²) in [6.45, 7) is 8.15. The lowest BCUT2D eigenvalue weighted by Crippen LogP contribution is -2.33. The van der Waals surface area contributed by atoms with Crippen LogP contribution in [0.1, 0.15) is 37.9 Å². The Bertz CT molecular complexity index is 494. The van der Waals surface area contributed by atoms with Crippen LogP contribution in [0.15, 0.2) is 0 Å². The van der Waals surface area contributed by atoms with Gasteiger partial charge in [-0.2, -0.15) is 0 Å². The Morgan fingerprint density at radius 2 is 2.00 bits per heavy atom. The molecule has 1 aliphatic heterocycles. The number of hydrogen-bond acceptors (Lipinski definition) is 5. The first-order valence-corrected chi connectivity index (χ1v) is 5.86. The van der Waals surface area contributed by atoms with Crippen LogP contribution in [0.25, 0.3) is 0 Å². The topological polar surface area (TPSA) is 81.3 Å². The summed E-state index contributed by atoms with van der Waals surface area (Å²) in [7, 11) is 0. The third-order valence-corrected chi connectivity index (χ3v) is 2.58. The number of carbonyl (C=O) groups excluding carboxylic acids is 1. The Labute approximate surface area is 106 Å². The highest BCUT2D eigenvalue weighted by molar-refractivity contribution is 5.69. The first-order chi connectivity index (χ1) is 8.26. The molecule has 0 fully saturated rings. The van der Waals surface area contributed by atoms with Gasteiger partial charge in [-0.3, -0.25) is 4.90 Å². The molecule has 0 saturated heterocycles. The summed E-state index contributed by atoms with van der Waals surface area (Å²) in [4.78, 5) is 21.9. The Morgan fingerprint density at radius 1 is 1.33 bits per heavy atom. The van der Waals surface area contributed by atoms with E-state index < -0.39 is 5.60 Å². The Kier molecular flexibility index (Phi) is 2.88. The molecule has 2 heterocycles. The molecule has 1 aromatic heterocycles. The van der Waals surface area contributed by atoms with E-state index in [1.807, 2.05) is 20.8 Å². The standard InChI is InChI=1S/C12H18N4O2/c1-7-14-9-6-16(5-8(9)10(13)15-7)11(17)18-12(2,3)4/h5-6H2,1-4H3,(H2,13,14,15). The van der Waals surface area contributed by atoms with Crippen molar-refractivity contribution in [2.75, 3.05) is 5.73 Å². The molecule has 0 atom stereocenters. The van der Waals surface area contributed by atoms with Crippen molar-refractivity contribution in [2.45, 2.75) is 46.4 Å². The molecule has 1 aliphatic rings. The van der Waals surface area contributed by atoms with Gasteiger partial charge in [0.25, 0.3) is 0 Å². The molecule has 18 heavy (non-hydrogen) atoms. The number of aromatic nitrogens is 2. The van der Waals surface area contributed by atoms with Crippen LogP contribution in [0.5, 0.6) is 0 Å². The number of fused-ring (bicyclic) bond motifs is 1. The zero-order valence-electron chi connectivity index (χ0n) is 11.1. The molecule has 2 N–H and O–H groups in total. The molecule has 0 spiro atoms. The van der Waals surface area contributed by atoms with Crippen molar-refractivity contribution in [3.63, 3.8) is 0 Å². The molecule has 1 amide bonds. The molecule has 6 nitrogen and oxygen atoms in total. The van der Waals surface area contributed by atoms with Gasteiger partial charge in [-0.15, -0.1) is 0 Å². The quantitative estimate of drug-likeness (QED) is 0.756. The number of amides is 1. The summed E-state index contributed by atoms with van der Waals surface area (Å²) >= 11 is 0. The molecule has 1 aromatic rings.